The van der Waals surface area contributed by atoms with Crippen LogP contribution in [0.2, 0.25) is 0 Å². The lowest BCUT2D eigenvalue weighted by molar-refractivity contribution is 0.0600. The van der Waals surface area contributed by atoms with Crippen LogP contribution in [0, 0.1) is 0 Å². The lowest BCUT2D eigenvalue weighted by Gasteiger charge is -2.07. The Hall–Kier alpha value is -1.66. The molecule has 0 aliphatic carbocycles. The van der Waals surface area contributed by atoms with Crippen molar-refractivity contribution in [3.8, 4) is 0 Å². The number of benzene rings is 1. The van der Waals surface area contributed by atoms with E-state index in [1.54, 1.807) is 24.3 Å². The molecule has 0 aromatic heterocycles. The highest BCUT2D eigenvalue weighted by Crippen LogP contribution is 2.15. The van der Waals surface area contributed by atoms with E-state index < -0.39 is 16.1 Å². The first-order valence-corrected chi connectivity index (χ1v) is 7.21. The van der Waals surface area contributed by atoms with Gasteiger partial charge in [-0.15, -0.1) is 0 Å². The number of rotatable bonds is 6. The summed E-state index contributed by atoms with van der Waals surface area (Å²) in [6.45, 7) is 5.15. The molecule has 1 aromatic carbocycles. The van der Waals surface area contributed by atoms with Crippen LogP contribution >= 0.6 is 0 Å². The van der Waals surface area contributed by atoms with Crippen molar-refractivity contribution >= 4 is 21.7 Å². The van der Waals surface area contributed by atoms with Gasteiger partial charge in [0, 0.05) is 0 Å². The molecule has 0 heterocycles. The van der Waals surface area contributed by atoms with Gasteiger partial charge in [0.15, 0.2) is 0 Å². The third-order valence-electron chi connectivity index (χ3n) is 2.48. The van der Waals surface area contributed by atoms with Crippen LogP contribution in [0.4, 0.5) is 0 Å². The van der Waals surface area contributed by atoms with E-state index >= 15 is 0 Å². The molecule has 0 amide bonds. The second kappa shape index (κ2) is 6.49. The Morgan fingerprint density at radius 3 is 2.21 bits per heavy atom. The maximum absolute atomic E-state index is 11.2. The molecule has 0 aliphatic heterocycles. The average Bonchev–Trinajstić information content (AvgIpc) is 2.44. The lowest BCUT2D eigenvalue weighted by Crippen LogP contribution is -2.10. The van der Waals surface area contributed by atoms with Crippen LogP contribution in [-0.4, -0.2) is 33.9 Å². The van der Waals surface area contributed by atoms with Crippen molar-refractivity contribution in [1.82, 2.24) is 0 Å². The van der Waals surface area contributed by atoms with Crippen molar-refractivity contribution in [1.29, 1.82) is 0 Å². The summed E-state index contributed by atoms with van der Waals surface area (Å²) in [5.74, 6) is -0.511. The topological polar surface area (TPSA) is 69.7 Å². The third kappa shape index (κ3) is 4.50. The van der Waals surface area contributed by atoms with Crippen LogP contribution in [0.25, 0.3) is 5.57 Å². The standard InChI is InChI=1S/C13H16O5S/c1-4-19(15,16)18-9-10(2)11-5-7-12(8-6-11)13(14)17-3/h5-8H,2,4,9H2,1,3H3. The second-order valence-electron chi connectivity index (χ2n) is 3.78. The molecule has 0 radical (unpaired) electrons. The maximum atomic E-state index is 11.2. The van der Waals surface area contributed by atoms with Crippen molar-refractivity contribution in [3.05, 3.63) is 42.0 Å². The van der Waals surface area contributed by atoms with E-state index in [1.807, 2.05) is 0 Å². The number of carbonyl (C=O) groups excluding carboxylic acids is 1. The molecule has 1 aromatic rings. The second-order valence-corrected chi connectivity index (χ2v) is 5.71. The minimum Gasteiger partial charge on any atom is -0.465 e. The molecule has 0 fully saturated rings. The fourth-order valence-electron chi connectivity index (χ4n) is 1.29. The summed E-state index contributed by atoms with van der Waals surface area (Å²) in [5.41, 5.74) is 1.65. The van der Waals surface area contributed by atoms with E-state index in [4.69, 9.17) is 4.18 Å². The van der Waals surface area contributed by atoms with Gasteiger partial charge in [0.1, 0.15) is 0 Å². The molecule has 6 heteroatoms. The Bertz CT molecular complexity index is 557. The summed E-state index contributed by atoms with van der Waals surface area (Å²) in [6, 6.07) is 6.49. The predicted octanol–water partition coefficient (Wildman–Crippen LogP) is 1.85. The molecule has 0 saturated carbocycles. The van der Waals surface area contributed by atoms with E-state index in [1.165, 1.54) is 14.0 Å². The van der Waals surface area contributed by atoms with Crippen LogP contribution in [0.1, 0.15) is 22.8 Å². The van der Waals surface area contributed by atoms with Gasteiger partial charge in [0.25, 0.3) is 10.1 Å². The number of esters is 1. The van der Waals surface area contributed by atoms with Crippen LogP contribution < -0.4 is 0 Å². The Morgan fingerprint density at radius 1 is 1.21 bits per heavy atom. The van der Waals surface area contributed by atoms with E-state index in [2.05, 4.69) is 11.3 Å². The molecule has 0 unspecified atom stereocenters. The SMILES string of the molecule is C=C(COS(=O)(=O)CC)c1ccc(C(=O)OC)cc1. The first-order chi connectivity index (χ1) is 8.89. The zero-order chi connectivity index (χ0) is 14.5. The molecule has 0 atom stereocenters. The number of carbonyl (C=O) groups is 1. The summed E-state index contributed by atoms with van der Waals surface area (Å²) < 4.78 is 31.7. The highest BCUT2D eigenvalue weighted by atomic mass is 32.2. The molecular formula is C13H16O5S. The van der Waals surface area contributed by atoms with Gasteiger partial charge in [-0.3, -0.25) is 4.18 Å². The number of ether oxygens (including phenoxy) is 1. The molecule has 0 bridgehead atoms. The lowest BCUT2D eigenvalue weighted by atomic mass is 10.1. The van der Waals surface area contributed by atoms with Crippen molar-refractivity contribution in [2.24, 2.45) is 0 Å². The maximum Gasteiger partial charge on any atom is 0.337 e. The molecule has 104 valence electrons. The molecular weight excluding hydrogens is 268 g/mol. The smallest absolute Gasteiger partial charge is 0.337 e. The largest absolute Gasteiger partial charge is 0.465 e. The third-order valence-corrected chi connectivity index (χ3v) is 3.66. The summed E-state index contributed by atoms with van der Waals surface area (Å²) >= 11 is 0. The summed E-state index contributed by atoms with van der Waals surface area (Å²) in [7, 11) is -2.18. The Morgan fingerprint density at radius 2 is 1.74 bits per heavy atom. The normalized spacial score (nSPS) is 11.1. The number of hydrogen-bond donors (Lipinski definition) is 0. The first-order valence-electron chi connectivity index (χ1n) is 5.63. The van der Waals surface area contributed by atoms with Crippen LogP contribution in [-0.2, 0) is 19.0 Å². The van der Waals surface area contributed by atoms with E-state index in [0.717, 1.165) is 0 Å². The molecule has 0 saturated heterocycles. The Kier molecular flexibility index (Phi) is 5.26. The summed E-state index contributed by atoms with van der Waals surface area (Å²) in [4.78, 5) is 11.2. The van der Waals surface area contributed by atoms with Gasteiger partial charge in [-0.2, -0.15) is 8.42 Å². The minimum atomic E-state index is -3.48. The summed E-state index contributed by atoms with van der Waals surface area (Å²) in [6.07, 6.45) is 0. The van der Waals surface area contributed by atoms with Crippen LogP contribution in [0.5, 0.6) is 0 Å². The van der Waals surface area contributed by atoms with Crippen molar-refractivity contribution in [2.45, 2.75) is 6.92 Å². The van der Waals surface area contributed by atoms with E-state index in [9.17, 15) is 13.2 Å². The Balaban J connectivity index is 2.71. The van der Waals surface area contributed by atoms with Gasteiger partial charge in [-0.1, -0.05) is 18.7 Å². The van der Waals surface area contributed by atoms with Crippen LogP contribution in [0.3, 0.4) is 0 Å². The van der Waals surface area contributed by atoms with E-state index in [-0.39, 0.29) is 12.4 Å². The molecule has 0 spiro atoms. The molecule has 0 N–H and O–H groups in total. The molecule has 19 heavy (non-hydrogen) atoms. The fraction of sp³-hybridized carbons (Fsp3) is 0.308. The minimum absolute atomic E-state index is 0.0818. The predicted molar refractivity (Wildman–Crippen MR) is 72.2 cm³/mol. The van der Waals surface area contributed by atoms with Crippen molar-refractivity contribution in [2.75, 3.05) is 19.5 Å². The van der Waals surface area contributed by atoms with Gasteiger partial charge < -0.3 is 4.74 Å². The number of methoxy groups -OCH3 is 1. The van der Waals surface area contributed by atoms with Gasteiger partial charge in [0.2, 0.25) is 0 Å². The molecule has 1 rings (SSSR count). The highest BCUT2D eigenvalue weighted by Gasteiger charge is 2.10. The average molecular weight is 284 g/mol. The summed E-state index contributed by atoms with van der Waals surface area (Å²) in [5, 5.41) is 0. The van der Waals surface area contributed by atoms with Crippen LogP contribution in [0.15, 0.2) is 30.8 Å². The van der Waals surface area contributed by atoms with Gasteiger partial charge in [-0.05, 0) is 30.2 Å². The number of hydrogen-bond acceptors (Lipinski definition) is 5. The fourth-order valence-corrected chi connectivity index (χ4v) is 1.78. The Labute approximate surface area is 113 Å². The van der Waals surface area contributed by atoms with Gasteiger partial charge in [-0.25, -0.2) is 4.79 Å². The monoisotopic (exact) mass is 284 g/mol. The highest BCUT2D eigenvalue weighted by molar-refractivity contribution is 7.86. The van der Waals surface area contributed by atoms with E-state index in [0.29, 0.717) is 16.7 Å². The zero-order valence-electron chi connectivity index (χ0n) is 10.9. The molecule has 5 nitrogen and oxygen atoms in total. The first kappa shape index (κ1) is 15.4. The van der Waals surface area contributed by atoms with Crippen molar-refractivity contribution in [3.63, 3.8) is 0 Å². The van der Waals surface area contributed by atoms with Gasteiger partial charge in [0.05, 0.1) is 25.0 Å². The molecule has 0 aliphatic rings. The zero-order valence-corrected chi connectivity index (χ0v) is 11.7. The quantitative estimate of drug-likeness (QED) is 0.589. The van der Waals surface area contributed by atoms with Gasteiger partial charge >= 0.3 is 5.97 Å². The van der Waals surface area contributed by atoms with Crippen molar-refractivity contribution < 1.29 is 22.1 Å².